The van der Waals surface area contributed by atoms with E-state index < -0.39 is 23.1 Å². The number of benzene rings is 2. The van der Waals surface area contributed by atoms with Crippen LogP contribution in [0.4, 0.5) is 10.1 Å². The molecule has 0 unspecified atom stereocenters. The van der Waals surface area contributed by atoms with Gasteiger partial charge in [0.2, 0.25) is 5.91 Å². The number of nitrogens with one attached hydrogen (secondary N) is 2. The summed E-state index contributed by atoms with van der Waals surface area (Å²) >= 11 is 0. The number of aliphatic carboxylic acids is 1. The smallest absolute Gasteiger partial charge is 0.313 e. The van der Waals surface area contributed by atoms with Crippen molar-refractivity contribution >= 4 is 17.6 Å². The number of halogens is 1. The lowest BCUT2D eigenvalue weighted by molar-refractivity contribution is -0.142. The maximum atomic E-state index is 13.6. The Hall–Kier alpha value is -3.58. The molecule has 2 aromatic carbocycles. The van der Waals surface area contributed by atoms with Gasteiger partial charge in [-0.15, -0.1) is 0 Å². The molecule has 0 saturated carbocycles. The van der Waals surface area contributed by atoms with Crippen molar-refractivity contribution in [2.75, 3.05) is 11.9 Å². The summed E-state index contributed by atoms with van der Waals surface area (Å²) in [5, 5.41) is 15.9. The topological polar surface area (TPSA) is 91.3 Å². The zero-order valence-corrected chi connectivity index (χ0v) is 19.2. The molecule has 6 nitrogen and oxygen atoms in total. The Morgan fingerprint density at radius 2 is 1.97 bits per heavy atom. The summed E-state index contributed by atoms with van der Waals surface area (Å²) in [7, 11) is 0. The van der Waals surface area contributed by atoms with Crippen LogP contribution in [0.1, 0.15) is 42.3 Å². The van der Waals surface area contributed by atoms with E-state index in [0.717, 1.165) is 16.7 Å². The zero-order chi connectivity index (χ0) is 24.3. The highest BCUT2D eigenvalue weighted by Gasteiger charge is 2.34. The van der Waals surface area contributed by atoms with Gasteiger partial charge in [-0.25, -0.2) is 4.39 Å². The van der Waals surface area contributed by atoms with E-state index in [9.17, 15) is 19.1 Å². The standard InChI is InChI=1S/C27H28FN3O3/c1-27(2,26(33)34)19-10-6-7-17(13-19)11-12-29-24(18-8-4-3-5-9-18)21-15-22-23(31-25(21)32)14-20(28)16-30-22/h3-10,13-14,16,21,24,29H,11-12,15H2,1-2H3,(H,31,32)(H,33,34)/t21-,24+/m0/s1. The summed E-state index contributed by atoms with van der Waals surface area (Å²) < 4.78 is 13.6. The van der Waals surface area contributed by atoms with E-state index in [2.05, 4.69) is 15.6 Å². The van der Waals surface area contributed by atoms with E-state index in [1.165, 1.54) is 12.3 Å². The molecule has 1 aliphatic rings. The van der Waals surface area contributed by atoms with Gasteiger partial charge in [0.15, 0.2) is 0 Å². The van der Waals surface area contributed by atoms with Crippen molar-refractivity contribution < 1.29 is 19.1 Å². The van der Waals surface area contributed by atoms with Crippen molar-refractivity contribution in [1.29, 1.82) is 0 Å². The number of fused-ring (bicyclic) bond motifs is 1. The minimum atomic E-state index is -0.976. The van der Waals surface area contributed by atoms with Crippen molar-refractivity contribution in [1.82, 2.24) is 10.3 Å². The fraction of sp³-hybridized carbons (Fsp3) is 0.296. The van der Waals surface area contributed by atoms with Crippen LogP contribution in [0.3, 0.4) is 0 Å². The van der Waals surface area contributed by atoms with E-state index >= 15 is 0 Å². The number of carboxylic acid groups (broad SMARTS) is 1. The molecule has 1 aromatic heterocycles. The van der Waals surface area contributed by atoms with Crippen LogP contribution in [0.25, 0.3) is 0 Å². The lowest BCUT2D eigenvalue weighted by Gasteiger charge is -2.31. The van der Waals surface area contributed by atoms with Crippen molar-refractivity contribution in [3.63, 3.8) is 0 Å². The third kappa shape index (κ3) is 4.99. The number of amides is 1. The first-order chi connectivity index (χ1) is 16.3. The second-order valence-electron chi connectivity index (χ2n) is 9.17. The predicted octanol–water partition coefficient (Wildman–Crippen LogP) is 4.27. The van der Waals surface area contributed by atoms with Crippen LogP contribution < -0.4 is 10.6 Å². The molecule has 0 aliphatic carbocycles. The number of anilines is 1. The summed E-state index contributed by atoms with van der Waals surface area (Å²) in [6, 6.07) is 18.4. The number of carboxylic acids is 1. The van der Waals surface area contributed by atoms with Crippen LogP contribution in [0.15, 0.2) is 66.9 Å². The second kappa shape index (κ2) is 9.73. The number of aromatic nitrogens is 1. The largest absolute Gasteiger partial charge is 0.481 e. The SMILES string of the molecule is CC(C)(C(=O)O)c1cccc(CCN[C@H](c2ccccc2)[C@@H]2Cc3ncc(F)cc3NC2=O)c1. The Bertz CT molecular complexity index is 1200. The lowest BCUT2D eigenvalue weighted by atomic mass is 9.83. The molecule has 7 heteroatoms. The molecule has 0 fully saturated rings. The highest BCUT2D eigenvalue weighted by molar-refractivity contribution is 5.96. The summed E-state index contributed by atoms with van der Waals surface area (Å²) in [6.07, 6.45) is 2.24. The maximum Gasteiger partial charge on any atom is 0.313 e. The fourth-order valence-electron chi connectivity index (χ4n) is 4.30. The quantitative estimate of drug-likeness (QED) is 0.466. The highest BCUT2D eigenvalue weighted by Crippen LogP contribution is 2.32. The van der Waals surface area contributed by atoms with Crippen molar-refractivity contribution in [3.05, 3.63) is 95.1 Å². The molecular weight excluding hydrogens is 433 g/mol. The average molecular weight is 462 g/mol. The molecule has 0 bridgehead atoms. The first-order valence-electron chi connectivity index (χ1n) is 11.3. The van der Waals surface area contributed by atoms with Crippen molar-refractivity contribution in [3.8, 4) is 0 Å². The average Bonchev–Trinajstić information content (AvgIpc) is 2.82. The molecule has 2 heterocycles. The fourth-order valence-corrected chi connectivity index (χ4v) is 4.30. The molecule has 0 radical (unpaired) electrons. The third-order valence-corrected chi connectivity index (χ3v) is 6.47. The molecule has 1 aliphatic heterocycles. The van der Waals surface area contributed by atoms with Gasteiger partial charge in [-0.1, -0.05) is 54.6 Å². The summed E-state index contributed by atoms with van der Waals surface area (Å²) in [5.41, 5.74) is 2.86. The molecule has 4 rings (SSSR count). The number of pyridine rings is 1. The molecule has 1 amide bonds. The Labute approximate surface area is 198 Å². The van der Waals surface area contributed by atoms with E-state index in [0.29, 0.717) is 30.8 Å². The maximum absolute atomic E-state index is 13.6. The van der Waals surface area contributed by atoms with E-state index in [1.807, 2.05) is 54.6 Å². The minimum Gasteiger partial charge on any atom is -0.481 e. The van der Waals surface area contributed by atoms with Gasteiger partial charge in [0.25, 0.3) is 0 Å². The molecule has 2 atom stereocenters. The van der Waals surface area contributed by atoms with Gasteiger partial charge in [0.05, 0.1) is 28.9 Å². The van der Waals surface area contributed by atoms with Gasteiger partial charge in [-0.3, -0.25) is 14.6 Å². The van der Waals surface area contributed by atoms with Crippen molar-refractivity contribution in [2.45, 2.75) is 38.1 Å². The van der Waals surface area contributed by atoms with Crippen LogP contribution in [-0.2, 0) is 27.8 Å². The number of hydrogen-bond acceptors (Lipinski definition) is 4. The molecule has 0 saturated heterocycles. The van der Waals surface area contributed by atoms with Gasteiger partial charge in [-0.05, 0) is 43.5 Å². The number of carbonyl (C=O) groups is 2. The summed E-state index contributed by atoms with van der Waals surface area (Å²) in [5.74, 6) is -1.94. The first-order valence-corrected chi connectivity index (χ1v) is 11.3. The Kier molecular flexibility index (Phi) is 6.75. The molecule has 176 valence electrons. The molecule has 3 N–H and O–H groups in total. The predicted molar refractivity (Wildman–Crippen MR) is 128 cm³/mol. The second-order valence-corrected chi connectivity index (χ2v) is 9.17. The number of hydrogen-bond donors (Lipinski definition) is 3. The first kappa shape index (κ1) is 23.6. The lowest BCUT2D eigenvalue weighted by Crippen LogP contribution is -2.41. The summed E-state index contributed by atoms with van der Waals surface area (Å²) in [4.78, 5) is 28.8. The van der Waals surface area contributed by atoms with Crippen molar-refractivity contribution in [2.24, 2.45) is 5.92 Å². The number of carbonyl (C=O) groups excluding carboxylic acids is 1. The monoisotopic (exact) mass is 461 g/mol. The number of rotatable bonds is 8. The van der Waals surface area contributed by atoms with Gasteiger partial charge < -0.3 is 15.7 Å². The van der Waals surface area contributed by atoms with Gasteiger partial charge >= 0.3 is 5.97 Å². The van der Waals surface area contributed by atoms with Crippen LogP contribution in [0.2, 0.25) is 0 Å². The Morgan fingerprint density at radius 3 is 2.71 bits per heavy atom. The Morgan fingerprint density at radius 1 is 1.21 bits per heavy atom. The number of nitrogens with zero attached hydrogens (tertiary/aromatic N) is 1. The third-order valence-electron chi connectivity index (χ3n) is 6.47. The molecule has 0 spiro atoms. The molecular formula is C27H28FN3O3. The normalized spacial score (nSPS) is 16.4. The van der Waals surface area contributed by atoms with Crippen LogP contribution >= 0.6 is 0 Å². The molecule has 34 heavy (non-hydrogen) atoms. The van der Waals surface area contributed by atoms with E-state index in [1.54, 1.807) is 13.8 Å². The molecule has 3 aromatic rings. The zero-order valence-electron chi connectivity index (χ0n) is 19.2. The minimum absolute atomic E-state index is 0.175. The van der Waals surface area contributed by atoms with E-state index in [-0.39, 0.29) is 11.9 Å². The van der Waals surface area contributed by atoms with Crippen LogP contribution in [0, 0.1) is 11.7 Å². The van der Waals surface area contributed by atoms with Gasteiger partial charge in [0.1, 0.15) is 5.82 Å². The van der Waals surface area contributed by atoms with E-state index in [4.69, 9.17) is 0 Å². The van der Waals surface area contributed by atoms with Crippen LogP contribution in [-0.4, -0.2) is 28.5 Å². The Balaban J connectivity index is 1.52. The van der Waals surface area contributed by atoms with Crippen LogP contribution in [0.5, 0.6) is 0 Å². The van der Waals surface area contributed by atoms with Gasteiger partial charge in [-0.2, -0.15) is 0 Å². The summed E-state index contributed by atoms with van der Waals surface area (Å²) in [6.45, 7) is 3.97. The highest BCUT2D eigenvalue weighted by atomic mass is 19.1. The van der Waals surface area contributed by atoms with Gasteiger partial charge in [0, 0.05) is 18.5 Å².